The molecular weight excluding hydrogens is 296 g/mol. The number of fused-ring (bicyclic) bond motifs is 1. The zero-order valence-corrected chi connectivity index (χ0v) is 13.7. The second-order valence-corrected chi connectivity index (χ2v) is 5.81. The predicted molar refractivity (Wildman–Crippen MR) is 88.6 cm³/mol. The summed E-state index contributed by atoms with van der Waals surface area (Å²) < 4.78 is 6.02. The molecule has 1 aromatic rings. The quantitative estimate of drug-likeness (QED) is 0.595. The predicted octanol–water partition coefficient (Wildman–Crippen LogP) is 2.81. The zero-order chi connectivity index (χ0) is 17.0. The van der Waals surface area contributed by atoms with Crippen LogP contribution in [0.25, 0.3) is 0 Å². The van der Waals surface area contributed by atoms with Crippen molar-refractivity contribution in [3.8, 4) is 5.75 Å². The SMILES string of the molecule is CCC1(CC)Oc2cccc(N)c2N(CCCCC(=O)O)C1=O. The summed E-state index contributed by atoms with van der Waals surface area (Å²) >= 11 is 0. The molecule has 126 valence electrons. The fourth-order valence-electron chi connectivity index (χ4n) is 2.97. The van der Waals surface area contributed by atoms with Gasteiger partial charge in [-0.3, -0.25) is 9.59 Å². The van der Waals surface area contributed by atoms with Crippen molar-refractivity contribution in [2.24, 2.45) is 0 Å². The lowest BCUT2D eigenvalue weighted by Gasteiger charge is -2.42. The van der Waals surface area contributed by atoms with Crippen LogP contribution in [0.4, 0.5) is 11.4 Å². The maximum absolute atomic E-state index is 13.0. The van der Waals surface area contributed by atoms with E-state index in [0.717, 1.165) is 0 Å². The highest BCUT2D eigenvalue weighted by atomic mass is 16.5. The number of benzene rings is 1. The molecule has 0 spiro atoms. The van der Waals surface area contributed by atoms with Crippen LogP contribution in [-0.2, 0) is 9.59 Å². The number of carboxylic acid groups (broad SMARTS) is 1. The van der Waals surface area contributed by atoms with Crippen molar-refractivity contribution in [3.63, 3.8) is 0 Å². The Balaban J connectivity index is 2.30. The summed E-state index contributed by atoms with van der Waals surface area (Å²) in [5.41, 5.74) is 6.28. The van der Waals surface area contributed by atoms with Gasteiger partial charge in [0.2, 0.25) is 0 Å². The van der Waals surface area contributed by atoms with E-state index in [-0.39, 0.29) is 12.3 Å². The van der Waals surface area contributed by atoms with Gasteiger partial charge in [-0.2, -0.15) is 0 Å². The number of aliphatic carboxylic acids is 1. The van der Waals surface area contributed by atoms with E-state index in [1.165, 1.54) is 0 Å². The van der Waals surface area contributed by atoms with Crippen LogP contribution in [0.2, 0.25) is 0 Å². The van der Waals surface area contributed by atoms with Gasteiger partial charge in [-0.25, -0.2) is 0 Å². The molecule has 6 heteroatoms. The molecule has 0 aromatic heterocycles. The molecule has 0 aliphatic carbocycles. The zero-order valence-electron chi connectivity index (χ0n) is 13.7. The molecule has 0 atom stereocenters. The Kier molecular flexibility index (Phi) is 5.13. The summed E-state index contributed by atoms with van der Waals surface area (Å²) in [6.45, 7) is 4.31. The van der Waals surface area contributed by atoms with Crippen LogP contribution >= 0.6 is 0 Å². The smallest absolute Gasteiger partial charge is 0.303 e. The van der Waals surface area contributed by atoms with Gasteiger partial charge in [0.1, 0.15) is 11.4 Å². The van der Waals surface area contributed by atoms with Crippen molar-refractivity contribution in [1.29, 1.82) is 0 Å². The Hall–Kier alpha value is -2.24. The van der Waals surface area contributed by atoms with Crippen LogP contribution in [0.5, 0.6) is 5.75 Å². The number of carbonyl (C=O) groups excluding carboxylic acids is 1. The van der Waals surface area contributed by atoms with Gasteiger partial charge in [-0.15, -0.1) is 0 Å². The minimum absolute atomic E-state index is 0.0942. The molecule has 1 aliphatic heterocycles. The number of rotatable bonds is 7. The molecule has 0 unspecified atom stereocenters. The second kappa shape index (κ2) is 6.89. The molecule has 3 N–H and O–H groups in total. The van der Waals surface area contributed by atoms with Gasteiger partial charge in [0.15, 0.2) is 5.60 Å². The van der Waals surface area contributed by atoms with E-state index in [4.69, 9.17) is 15.6 Å². The molecule has 6 nitrogen and oxygen atoms in total. The Labute approximate surface area is 136 Å². The van der Waals surface area contributed by atoms with Gasteiger partial charge in [0, 0.05) is 13.0 Å². The van der Waals surface area contributed by atoms with E-state index < -0.39 is 11.6 Å². The minimum atomic E-state index is -0.867. The highest BCUT2D eigenvalue weighted by Gasteiger charge is 2.46. The van der Waals surface area contributed by atoms with Crippen molar-refractivity contribution in [1.82, 2.24) is 0 Å². The summed E-state index contributed by atoms with van der Waals surface area (Å²) in [6.07, 6.45) is 2.37. The maximum Gasteiger partial charge on any atom is 0.303 e. The van der Waals surface area contributed by atoms with Crippen molar-refractivity contribution in [2.45, 2.75) is 51.6 Å². The number of hydrogen-bond donors (Lipinski definition) is 2. The molecule has 1 aromatic carbocycles. The Morgan fingerprint density at radius 2 is 2.00 bits per heavy atom. The number of ether oxygens (including phenoxy) is 1. The lowest BCUT2D eigenvalue weighted by atomic mass is 9.92. The van der Waals surface area contributed by atoms with Gasteiger partial charge in [0.25, 0.3) is 5.91 Å². The molecule has 1 amide bonds. The molecule has 1 aliphatic rings. The van der Waals surface area contributed by atoms with Crippen LogP contribution in [0.3, 0.4) is 0 Å². The Morgan fingerprint density at radius 3 is 2.61 bits per heavy atom. The minimum Gasteiger partial charge on any atom is -0.481 e. The van der Waals surface area contributed by atoms with E-state index in [0.29, 0.717) is 49.4 Å². The van der Waals surface area contributed by atoms with Gasteiger partial charge in [0.05, 0.1) is 5.69 Å². The molecule has 0 saturated carbocycles. The molecule has 0 bridgehead atoms. The van der Waals surface area contributed by atoms with Crippen molar-refractivity contribution in [3.05, 3.63) is 18.2 Å². The molecule has 0 fully saturated rings. The number of hydrogen-bond acceptors (Lipinski definition) is 4. The van der Waals surface area contributed by atoms with Crippen molar-refractivity contribution >= 4 is 23.3 Å². The maximum atomic E-state index is 13.0. The number of carbonyl (C=O) groups is 2. The lowest BCUT2D eigenvalue weighted by Crippen LogP contribution is -2.56. The van der Waals surface area contributed by atoms with Crippen LogP contribution in [0.1, 0.15) is 46.0 Å². The number of nitrogens with two attached hydrogens (primary N) is 1. The van der Waals surface area contributed by atoms with Crippen LogP contribution in [0, 0.1) is 0 Å². The highest BCUT2D eigenvalue weighted by Crippen LogP contribution is 2.43. The van der Waals surface area contributed by atoms with Crippen molar-refractivity contribution in [2.75, 3.05) is 17.2 Å². The number of para-hydroxylation sites is 1. The first-order chi connectivity index (χ1) is 10.9. The summed E-state index contributed by atoms with van der Waals surface area (Å²) in [4.78, 5) is 25.3. The first-order valence-corrected chi connectivity index (χ1v) is 8.06. The summed E-state index contributed by atoms with van der Waals surface area (Å²) in [5.74, 6) is -0.301. The third-order valence-electron chi connectivity index (χ3n) is 4.40. The van der Waals surface area contributed by atoms with Crippen molar-refractivity contribution < 1.29 is 19.4 Å². The second-order valence-electron chi connectivity index (χ2n) is 5.81. The Morgan fingerprint density at radius 1 is 1.30 bits per heavy atom. The summed E-state index contributed by atoms with van der Waals surface area (Å²) in [6, 6.07) is 5.37. The van der Waals surface area contributed by atoms with Crippen LogP contribution in [0.15, 0.2) is 18.2 Å². The van der Waals surface area contributed by atoms with Crippen LogP contribution in [-0.4, -0.2) is 29.1 Å². The number of nitrogen functional groups attached to an aromatic ring is 1. The number of amides is 1. The first-order valence-electron chi connectivity index (χ1n) is 8.06. The average molecular weight is 320 g/mol. The van der Waals surface area contributed by atoms with Gasteiger partial charge >= 0.3 is 5.97 Å². The number of nitrogens with zero attached hydrogens (tertiary/aromatic N) is 1. The average Bonchev–Trinajstić information content (AvgIpc) is 2.53. The topological polar surface area (TPSA) is 92.9 Å². The monoisotopic (exact) mass is 320 g/mol. The van der Waals surface area contributed by atoms with E-state index in [1.54, 1.807) is 11.0 Å². The Bertz CT molecular complexity index is 596. The summed E-state index contributed by atoms with van der Waals surface area (Å²) in [7, 11) is 0. The van der Waals surface area contributed by atoms with Gasteiger partial charge < -0.3 is 20.5 Å². The molecule has 0 radical (unpaired) electrons. The fourth-order valence-corrected chi connectivity index (χ4v) is 2.97. The van der Waals surface area contributed by atoms with Gasteiger partial charge in [-0.1, -0.05) is 19.9 Å². The third kappa shape index (κ3) is 3.25. The van der Waals surface area contributed by atoms with E-state index in [2.05, 4.69) is 0 Å². The highest BCUT2D eigenvalue weighted by molar-refractivity contribution is 6.05. The molecular formula is C17H24N2O4. The van der Waals surface area contributed by atoms with Crippen LogP contribution < -0.4 is 15.4 Å². The van der Waals surface area contributed by atoms with E-state index >= 15 is 0 Å². The molecule has 0 saturated heterocycles. The normalized spacial score (nSPS) is 15.9. The third-order valence-corrected chi connectivity index (χ3v) is 4.40. The molecule has 23 heavy (non-hydrogen) atoms. The molecule has 2 rings (SSSR count). The standard InChI is InChI=1S/C17H24N2O4/c1-3-17(4-2)16(22)19(11-6-5-10-14(20)21)15-12(18)8-7-9-13(15)23-17/h7-9H,3-6,10-11,18H2,1-2H3,(H,20,21). The number of carboxylic acids is 1. The van der Waals surface area contributed by atoms with E-state index in [9.17, 15) is 9.59 Å². The fraction of sp³-hybridized carbons (Fsp3) is 0.529. The summed E-state index contributed by atoms with van der Waals surface area (Å²) in [5, 5.41) is 8.74. The first kappa shape index (κ1) is 17.1. The largest absolute Gasteiger partial charge is 0.481 e. The number of unbranched alkanes of at least 4 members (excludes halogenated alkanes) is 1. The lowest BCUT2D eigenvalue weighted by molar-refractivity contribution is -0.137. The van der Waals surface area contributed by atoms with E-state index in [1.807, 2.05) is 26.0 Å². The molecule has 1 heterocycles. The number of anilines is 2. The van der Waals surface area contributed by atoms with Gasteiger partial charge in [-0.05, 0) is 37.8 Å².